The lowest BCUT2D eigenvalue weighted by Crippen LogP contribution is -2.45. The molecule has 0 aromatic carbocycles. The summed E-state index contributed by atoms with van der Waals surface area (Å²) in [5, 5.41) is 4.09. The number of nitrogens with zero attached hydrogens (tertiary/aromatic N) is 3. The summed E-state index contributed by atoms with van der Waals surface area (Å²) in [7, 11) is 1.37. The summed E-state index contributed by atoms with van der Waals surface area (Å²) in [5.74, 6) is -0.0516. The van der Waals surface area contributed by atoms with Crippen molar-refractivity contribution in [2.45, 2.75) is 31.0 Å². The predicted molar refractivity (Wildman–Crippen MR) is 117 cm³/mol. The molecule has 0 aliphatic carbocycles. The molecule has 1 aliphatic rings. The van der Waals surface area contributed by atoms with Gasteiger partial charge < -0.3 is 15.2 Å². The summed E-state index contributed by atoms with van der Waals surface area (Å²) in [4.78, 5) is 43.0. The zero-order valence-electron chi connectivity index (χ0n) is 16.7. The number of amides is 2. The van der Waals surface area contributed by atoms with Gasteiger partial charge in [0.1, 0.15) is 17.2 Å². The van der Waals surface area contributed by atoms with Crippen LogP contribution in [0.15, 0.2) is 11.2 Å². The van der Waals surface area contributed by atoms with Gasteiger partial charge in [-0.1, -0.05) is 35.0 Å². The Morgan fingerprint density at radius 3 is 2.50 bits per heavy atom. The van der Waals surface area contributed by atoms with Gasteiger partial charge in [-0.2, -0.15) is 0 Å². The predicted octanol–water partition coefficient (Wildman–Crippen LogP) is 2.83. The maximum absolute atomic E-state index is 12.5. The largest absolute Gasteiger partial charge is 0.356 e. The number of nitrogens with one attached hydrogen (secondary N) is 3. The van der Waals surface area contributed by atoms with Gasteiger partial charge in [-0.05, 0) is 26.0 Å². The highest BCUT2D eigenvalue weighted by atomic mass is 35.5. The number of anilines is 1. The topological polar surface area (TPSA) is 112 Å². The quantitative estimate of drug-likeness (QED) is 0.336. The van der Waals surface area contributed by atoms with Gasteiger partial charge >= 0.3 is 0 Å². The fraction of sp³-hybridized carbons (Fsp3) is 0.444. The molecule has 2 aromatic rings. The smallest absolute Gasteiger partial charge is 0.293 e. The van der Waals surface area contributed by atoms with Gasteiger partial charge in [0.25, 0.3) is 11.8 Å². The maximum Gasteiger partial charge on any atom is 0.293 e. The Kier molecular flexibility index (Phi) is 7.45. The number of aromatic amines is 1. The van der Waals surface area contributed by atoms with Crippen LogP contribution in [0.3, 0.4) is 0 Å². The number of carbonyl (C=O) groups is 2. The van der Waals surface area contributed by atoms with E-state index in [1.165, 1.54) is 18.9 Å². The standard InChI is InChI=1S/C18H22Cl2N6O3S/c1-9-13(19)14(20)15(21-9)17(28)22-10-4-6-26(7-5-10)12-8-11(16(27)25-29-2)23-18(24-12)30-3/h8,10,21H,4-7H2,1-3H3,(H,22,28)(H,25,27). The first-order valence-electron chi connectivity index (χ1n) is 9.19. The molecule has 1 saturated heterocycles. The number of rotatable bonds is 6. The van der Waals surface area contributed by atoms with Crippen molar-refractivity contribution in [1.82, 2.24) is 25.7 Å². The van der Waals surface area contributed by atoms with Crippen molar-refractivity contribution in [3.8, 4) is 0 Å². The molecule has 3 N–H and O–H groups in total. The Hall–Kier alpha value is -2.01. The van der Waals surface area contributed by atoms with Gasteiger partial charge in [0.2, 0.25) is 0 Å². The van der Waals surface area contributed by atoms with E-state index in [0.717, 1.165) is 12.8 Å². The Labute approximate surface area is 188 Å². The SMILES string of the molecule is CONC(=O)c1cc(N2CCC(NC(=O)c3[nH]c(C)c(Cl)c3Cl)CC2)nc(SC)n1. The monoisotopic (exact) mass is 472 g/mol. The molecule has 0 bridgehead atoms. The molecule has 3 rings (SSSR count). The summed E-state index contributed by atoms with van der Waals surface area (Å²) >= 11 is 13.5. The van der Waals surface area contributed by atoms with Crippen LogP contribution >= 0.6 is 35.0 Å². The van der Waals surface area contributed by atoms with Crippen LogP contribution < -0.4 is 15.7 Å². The Bertz CT molecular complexity index is 946. The summed E-state index contributed by atoms with van der Waals surface area (Å²) in [6.07, 6.45) is 3.28. The number of piperidine rings is 1. The van der Waals surface area contributed by atoms with Crippen molar-refractivity contribution in [3.05, 3.63) is 33.2 Å². The average Bonchev–Trinajstić information content (AvgIpc) is 3.01. The molecule has 1 aliphatic heterocycles. The highest BCUT2D eigenvalue weighted by molar-refractivity contribution is 7.98. The minimum absolute atomic E-state index is 0.00897. The molecule has 9 nitrogen and oxygen atoms in total. The van der Waals surface area contributed by atoms with E-state index in [-0.39, 0.29) is 28.4 Å². The van der Waals surface area contributed by atoms with Crippen LogP contribution in [0.25, 0.3) is 0 Å². The molecule has 0 saturated carbocycles. The summed E-state index contributed by atoms with van der Waals surface area (Å²) in [6.45, 7) is 3.09. The molecular weight excluding hydrogens is 451 g/mol. The first-order valence-corrected chi connectivity index (χ1v) is 11.2. The van der Waals surface area contributed by atoms with Crippen LogP contribution in [0.1, 0.15) is 39.5 Å². The molecule has 12 heteroatoms. The molecule has 0 atom stereocenters. The molecule has 162 valence electrons. The lowest BCUT2D eigenvalue weighted by molar-refractivity contribution is 0.0531. The van der Waals surface area contributed by atoms with Gasteiger partial charge in [-0.3, -0.25) is 14.4 Å². The first-order chi connectivity index (χ1) is 14.3. The van der Waals surface area contributed by atoms with Gasteiger partial charge in [0.05, 0.1) is 17.2 Å². The van der Waals surface area contributed by atoms with Gasteiger partial charge in [0, 0.05) is 30.9 Å². The van der Waals surface area contributed by atoms with E-state index >= 15 is 0 Å². The molecule has 0 unspecified atom stereocenters. The lowest BCUT2D eigenvalue weighted by Gasteiger charge is -2.33. The van der Waals surface area contributed by atoms with E-state index in [1.807, 2.05) is 6.26 Å². The number of hydrogen-bond donors (Lipinski definition) is 3. The Balaban J connectivity index is 1.65. The van der Waals surface area contributed by atoms with Crippen LogP contribution in [-0.2, 0) is 4.84 Å². The average molecular weight is 473 g/mol. The minimum Gasteiger partial charge on any atom is -0.356 e. The van der Waals surface area contributed by atoms with Gasteiger partial charge in [-0.15, -0.1) is 0 Å². The van der Waals surface area contributed by atoms with Crippen molar-refractivity contribution >= 4 is 52.6 Å². The minimum atomic E-state index is -0.435. The number of carbonyl (C=O) groups excluding carboxylic acids is 2. The van der Waals surface area contributed by atoms with Crippen molar-refractivity contribution in [2.75, 3.05) is 31.4 Å². The third kappa shape index (κ3) is 5.00. The second kappa shape index (κ2) is 9.86. The van der Waals surface area contributed by atoms with Crippen molar-refractivity contribution in [2.24, 2.45) is 0 Å². The highest BCUT2D eigenvalue weighted by Gasteiger charge is 2.25. The van der Waals surface area contributed by atoms with Crippen LogP contribution in [0.4, 0.5) is 5.82 Å². The molecule has 2 amide bonds. The third-order valence-electron chi connectivity index (χ3n) is 4.74. The molecular formula is C18H22Cl2N6O3S. The normalized spacial score (nSPS) is 14.6. The molecule has 3 heterocycles. The molecule has 1 fully saturated rings. The maximum atomic E-state index is 12.5. The van der Waals surface area contributed by atoms with E-state index < -0.39 is 5.91 Å². The van der Waals surface area contributed by atoms with E-state index in [4.69, 9.17) is 23.2 Å². The number of thioether (sulfide) groups is 1. The number of aryl methyl sites for hydroxylation is 1. The number of H-pyrrole nitrogens is 1. The van der Waals surface area contributed by atoms with Gasteiger partial charge in [0.15, 0.2) is 5.16 Å². The van der Waals surface area contributed by atoms with Crippen LogP contribution in [0.2, 0.25) is 10.0 Å². The van der Waals surface area contributed by atoms with E-state index in [9.17, 15) is 9.59 Å². The van der Waals surface area contributed by atoms with E-state index in [2.05, 4.69) is 35.5 Å². The summed E-state index contributed by atoms with van der Waals surface area (Å²) in [5.41, 5.74) is 3.43. The first kappa shape index (κ1) is 22.7. The fourth-order valence-electron chi connectivity index (χ4n) is 3.17. The molecule has 30 heavy (non-hydrogen) atoms. The third-order valence-corrected chi connectivity index (χ3v) is 6.23. The highest BCUT2D eigenvalue weighted by Crippen LogP contribution is 2.29. The molecule has 2 aromatic heterocycles. The lowest BCUT2D eigenvalue weighted by atomic mass is 10.0. The molecule has 0 spiro atoms. The number of halogens is 2. The second-order valence-corrected chi connectivity index (χ2v) is 8.25. The summed E-state index contributed by atoms with van der Waals surface area (Å²) in [6, 6.07) is 1.63. The number of aromatic nitrogens is 3. The van der Waals surface area contributed by atoms with Gasteiger partial charge in [-0.25, -0.2) is 15.4 Å². The van der Waals surface area contributed by atoms with Crippen molar-refractivity contribution in [3.63, 3.8) is 0 Å². The van der Waals surface area contributed by atoms with E-state index in [1.54, 1.807) is 13.0 Å². The summed E-state index contributed by atoms with van der Waals surface area (Å²) < 4.78 is 0. The zero-order chi connectivity index (χ0) is 21.8. The van der Waals surface area contributed by atoms with E-state index in [0.29, 0.717) is 34.8 Å². The van der Waals surface area contributed by atoms with Crippen LogP contribution in [0.5, 0.6) is 0 Å². The zero-order valence-corrected chi connectivity index (χ0v) is 19.0. The second-order valence-electron chi connectivity index (χ2n) is 6.72. The molecule has 0 radical (unpaired) electrons. The van der Waals surface area contributed by atoms with Crippen molar-refractivity contribution in [1.29, 1.82) is 0 Å². The Morgan fingerprint density at radius 1 is 1.23 bits per heavy atom. The fourth-order valence-corrected chi connectivity index (χ4v) is 3.96. The van der Waals surface area contributed by atoms with Crippen LogP contribution in [0, 0.1) is 6.92 Å². The van der Waals surface area contributed by atoms with Crippen LogP contribution in [-0.4, -0.2) is 59.3 Å². The number of hydrogen-bond acceptors (Lipinski definition) is 7. The number of hydroxylamine groups is 1. The van der Waals surface area contributed by atoms with Crippen molar-refractivity contribution < 1.29 is 14.4 Å². The Morgan fingerprint density at radius 2 is 1.93 bits per heavy atom.